The lowest BCUT2D eigenvalue weighted by molar-refractivity contribution is -0.123. The highest BCUT2D eigenvalue weighted by Gasteiger charge is 2.20. The monoisotopic (exact) mass is 1140 g/mol. The van der Waals surface area contributed by atoms with E-state index in [9.17, 15) is 15.0 Å². The van der Waals surface area contributed by atoms with Gasteiger partial charge in [0.25, 0.3) is 0 Å². The molecule has 0 aromatic heterocycles. The Bertz CT molecular complexity index is 1110. The Labute approximate surface area is 512 Å². The van der Waals surface area contributed by atoms with Gasteiger partial charge in [-0.2, -0.15) is 0 Å². The minimum atomic E-state index is -0.657. The molecule has 2 atom stereocenters. The molecule has 0 aliphatic rings. The molecule has 0 aromatic rings. The first-order valence-electron chi connectivity index (χ1n) is 38.7. The number of hydrogen-bond acceptors (Lipinski definition) is 3. The second kappa shape index (κ2) is 73.6. The van der Waals surface area contributed by atoms with Gasteiger partial charge >= 0.3 is 0 Å². The molecule has 0 saturated carbocycles. The number of rotatable bonds is 74. The lowest BCUT2D eigenvalue weighted by Crippen LogP contribution is -2.45. The number of amides is 1. The van der Waals surface area contributed by atoms with E-state index in [0.29, 0.717) is 12.8 Å². The van der Waals surface area contributed by atoms with Gasteiger partial charge in [0.15, 0.2) is 0 Å². The molecule has 0 saturated heterocycles. The quantitative estimate of drug-likeness (QED) is 0.0532. The van der Waals surface area contributed by atoms with Crippen molar-refractivity contribution in [3.05, 3.63) is 0 Å². The smallest absolute Gasteiger partial charge is 0.220 e. The molecule has 0 aromatic carbocycles. The van der Waals surface area contributed by atoms with Crippen LogP contribution in [0.3, 0.4) is 0 Å². The molecule has 0 heterocycles. The minimum absolute atomic E-state index is 0.0181. The molecule has 0 aliphatic carbocycles. The van der Waals surface area contributed by atoms with E-state index in [-0.39, 0.29) is 12.5 Å². The molecule has 4 heteroatoms. The molecule has 0 fully saturated rings. The van der Waals surface area contributed by atoms with Crippen LogP contribution in [0.25, 0.3) is 0 Å². The lowest BCUT2D eigenvalue weighted by atomic mass is 10.0. The Balaban J connectivity index is 3.33. The molecular formula is C77H155NO3. The fourth-order valence-electron chi connectivity index (χ4n) is 13.0. The van der Waals surface area contributed by atoms with Crippen molar-refractivity contribution in [1.29, 1.82) is 0 Å². The number of aliphatic hydroxyl groups excluding tert-OH is 2. The maximum absolute atomic E-state index is 12.6. The van der Waals surface area contributed by atoms with E-state index in [1.54, 1.807) is 0 Å². The summed E-state index contributed by atoms with van der Waals surface area (Å²) in [5.41, 5.74) is 0. The van der Waals surface area contributed by atoms with Crippen molar-refractivity contribution in [2.45, 2.75) is 482 Å². The molecule has 4 nitrogen and oxygen atoms in total. The molecule has 0 rings (SSSR count). The van der Waals surface area contributed by atoms with Crippen molar-refractivity contribution in [1.82, 2.24) is 5.32 Å². The third kappa shape index (κ3) is 70.0. The average molecular weight is 1140 g/mol. The van der Waals surface area contributed by atoms with E-state index >= 15 is 0 Å². The largest absolute Gasteiger partial charge is 0.394 e. The summed E-state index contributed by atoms with van der Waals surface area (Å²) < 4.78 is 0. The summed E-state index contributed by atoms with van der Waals surface area (Å²) in [7, 11) is 0. The van der Waals surface area contributed by atoms with E-state index < -0.39 is 12.1 Å². The second-order valence-corrected chi connectivity index (χ2v) is 27.2. The summed E-state index contributed by atoms with van der Waals surface area (Å²) in [6, 6.07) is -0.534. The van der Waals surface area contributed by atoms with Crippen LogP contribution in [-0.4, -0.2) is 34.9 Å². The van der Waals surface area contributed by atoms with Crippen molar-refractivity contribution in [3.63, 3.8) is 0 Å². The zero-order valence-electron chi connectivity index (χ0n) is 56.4. The summed E-state index contributed by atoms with van der Waals surface area (Å²) in [5, 5.41) is 23.5. The molecule has 0 spiro atoms. The van der Waals surface area contributed by atoms with Gasteiger partial charge < -0.3 is 15.5 Å². The van der Waals surface area contributed by atoms with Gasteiger partial charge in [-0.15, -0.1) is 0 Å². The van der Waals surface area contributed by atoms with E-state index in [1.807, 2.05) is 0 Å². The van der Waals surface area contributed by atoms with E-state index in [2.05, 4.69) is 19.2 Å². The van der Waals surface area contributed by atoms with Crippen LogP contribution in [0.4, 0.5) is 0 Å². The van der Waals surface area contributed by atoms with Crippen LogP contribution < -0.4 is 5.32 Å². The molecular weight excluding hydrogens is 987 g/mol. The van der Waals surface area contributed by atoms with Crippen LogP contribution in [0.1, 0.15) is 470 Å². The number of aliphatic hydroxyl groups is 2. The van der Waals surface area contributed by atoms with Crippen LogP contribution in [0.15, 0.2) is 0 Å². The fraction of sp³-hybridized carbons (Fsp3) is 0.987. The van der Waals surface area contributed by atoms with Crippen molar-refractivity contribution in [2.24, 2.45) is 0 Å². The van der Waals surface area contributed by atoms with Crippen LogP contribution in [0, 0.1) is 0 Å². The van der Waals surface area contributed by atoms with Gasteiger partial charge in [-0.3, -0.25) is 4.79 Å². The molecule has 1 amide bonds. The topological polar surface area (TPSA) is 69.6 Å². The zero-order valence-corrected chi connectivity index (χ0v) is 56.4. The number of unbranched alkanes of at least 4 members (excludes halogenated alkanes) is 67. The maximum Gasteiger partial charge on any atom is 0.220 e. The maximum atomic E-state index is 12.6. The second-order valence-electron chi connectivity index (χ2n) is 27.2. The molecule has 2 unspecified atom stereocenters. The summed E-state index contributed by atoms with van der Waals surface area (Å²) in [4.78, 5) is 12.6. The van der Waals surface area contributed by atoms with Crippen molar-refractivity contribution in [3.8, 4) is 0 Å². The van der Waals surface area contributed by atoms with Gasteiger partial charge in [0.2, 0.25) is 5.91 Å². The first kappa shape index (κ1) is 80.4. The molecule has 3 N–H and O–H groups in total. The van der Waals surface area contributed by atoms with Crippen molar-refractivity contribution in [2.75, 3.05) is 6.61 Å². The third-order valence-electron chi connectivity index (χ3n) is 18.9. The van der Waals surface area contributed by atoms with Crippen LogP contribution in [-0.2, 0) is 4.79 Å². The van der Waals surface area contributed by atoms with E-state index in [1.165, 1.54) is 417 Å². The normalized spacial score (nSPS) is 12.5. The molecule has 486 valence electrons. The number of carbonyl (C=O) groups is 1. The predicted molar refractivity (Wildman–Crippen MR) is 364 cm³/mol. The number of hydrogen-bond donors (Lipinski definition) is 3. The first-order valence-corrected chi connectivity index (χ1v) is 38.7. The zero-order chi connectivity index (χ0) is 58.4. The average Bonchev–Trinajstić information content (AvgIpc) is 3.47. The predicted octanol–water partition coefficient (Wildman–Crippen LogP) is 26.6. The molecule has 0 radical (unpaired) electrons. The molecule has 81 heavy (non-hydrogen) atoms. The Hall–Kier alpha value is -0.610. The van der Waals surface area contributed by atoms with Crippen molar-refractivity contribution >= 4 is 5.91 Å². The van der Waals surface area contributed by atoms with E-state index in [4.69, 9.17) is 0 Å². The first-order chi connectivity index (χ1) is 40.2. The summed E-state index contributed by atoms with van der Waals surface area (Å²) in [6.07, 6.45) is 97.8. The van der Waals surface area contributed by atoms with Gasteiger partial charge in [0.05, 0.1) is 18.8 Å². The fourth-order valence-corrected chi connectivity index (χ4v) is 13.0. The van der Waals surface area contributed by atoms with Gasteiger partial charge in [-0.05, 0) is 12.8 Å². The summed E-state index contributed by atoms with van der Waals surface area (Å²) in [6.45, 7) is 4.43. The third-order valence-corrected chi connectivity index (χ3v) is 18.9. The summed E-state index contributed by atoms with van der Waals surface area (Å²) in [5.74, 6) is -0.0181. The molecule has 0 bridgehead atoms. The van der Waals surface area contributed by atoms with Gasteiger partial charge in [0.1, 0.15) is 0 Å². The van der Waals surface area contributed by atoms with Gasteiger partial charge in [-0.25, -0.2) is 0 Å². The van der Waals surface area contributed by atoms with Gasteiger partial charge in [0, 0.05) is 6.42 Å². The Kier molecular flexibility index (Phi) is 73.1. The highest BCUT2D eigenvalue weighted by atomic mass is 16.3. The standard InChI is InChI=1S/C77H155NO3/c1-3-5-7-9-11-13-15-17-19-21-23-25-27-29-31-33-35-37-38-39-41-43-45-47-49-51-53-55-57-59-61-63-65-67-69-71-73-77(81)78-75(74-79)76(80)72-70-68-66-64-62-60-58-56-54-52-50-48-46-44-42-40-36-34-32-30-28-26-24-22-20-18-16-14-12-10-8-6-4-2/h75-76,79-80H,3-74H2,1-2H3,(H,78,81). The number of nitrogens with one attached hydrogen (secondary N) is 1. The van der Waals surface area contributed by atoms with E-state index in [0.717, 1.165) is 25.7 Å². The van der Waals surface area contributed by atoms with Gasteiger partial charge in [-0.1, -0.05) is 450 Å². The summed E-state index contributed by atoms with van der Waals surface area (Å²) >= 11 is 0. The van der Waals surface area contributed by atoms with Crippen LogP contribution in [0.5, 0.6) is 0 Å². The van der Waals surface area contributed by atoms with Crippen LogP contribution >= 0.6 is 0 Å². The highest BCUT2D eigenvalue weighted by Crippen LogP contribution is 2.21. The minimum Gasteiger partial charge on any atom is -0.394 e. The lowest BCUT2D eigenvalue weighted by Gasteiger charge is -2.22. The molecule has 0 aliphatic heterocycles. The SMILES string of the molecule is CCCCCCCCCCCCCCCCCCCCCCCCCCCCCCCCCCCCCCC(=O)NC(CO)C(O)CCCCCCCCCCCCCCCCCCCCCCCCCCCCCCCCCCC. The highest BCUT2D eigenvalue weighted by molar-refractivity contribution is 5.76. The van der Waals surface area contributed by atoms with Crippen LogP contribution in [0.2, 0.25) is 0 Å². The Morgan fingerprint density at radius 3 is 0.556 bits per heavy atom. The Morgan fingerprint density at radius 2 is 0.395 bits per heavy atom. The van der Waals surface area contributed by atoms with Crippen molar-refractivity contribution < 1.29 is 15.0 Å². The Morgan fingerprint density at radius 1 is 0.247 bits per heavy atom. The number of carbonyl (C=O) groups excluding carboxylic acids is 1.